The molecule has 5 aromatic rings. The number of fused-ring (bicyclic) bond motifs is 1. The number of hydrogen-bond donors (Lipinski definition) is 0. The molecule has 12 heteroatoms. The van der Waals surface area contributed by atoms with Crippen LogP contribution in [0.15, 0.2) is 92.8 Å². The number of esters is 1. The third kappa shape index (κ3) is 7.33. The predicted molar refractivity (Wildman–Crippen MR) is 191 cm³/mol. The number of sulfonamides is 1. The van der Waals surface area contributed by atoms with Crippen molar-refractivity contribution >= 4 is 55.8 Å². The molecule has 3 aromatic carbocycles. The van der Waals surface area contributed by atoms with Crippen LogP contribution >= 0.6 is 11.6 Å². The van der Waals surface area contributed by atoms with Gasteiger partial charge >= 0.3 is 5.97 Å². The Kier molecular flexibility index (Phi) is 11.0. The Hall–Kier alpha value is -4.74. The van der Waals surface area contributed by atoms with Gasteiger partial charge in [0.25, 0.3) is 15.9 Å². The number of furan rings is 2. The first kappa shape index (κ1) is 35.6. The molecule has 258 valence electrons. The van der Waals surface area contributed by atoms with E-state index in [2.05, 4.69) is 4.90 Å². The van der Waals surface area contributed by atoms with E-state index in [0.29, 0.717) is 44.1 Å². The predicted octanol–water partition coefficient (Wildman–Crippen LogP) is 8.07. The Labute approximate surface area is 291 Å². The first-order valence-electron chi connectivity index (χ1n) is 16.2. The molecule has 0 saturated carbocycles. The summed E-state index contributed by atoms with van der Waals surface area (Å²) in [5.74, 6) is -0.342. The van der Waals surface area contributed by atoms with Gasteiger partial charge < -0.3 is 23.4 Å². The molecule has 1 amide bonds. The van der Waals surface area contributed by atoms with Crippen molar-refractivity contribution in [1.29, 1.82) is 0 Å². The molecular formula is C37H40ClN3O7S. The molecule has 49 heavy (non-hydrogen) atoms. The highest BCUT2D eigenvalue weighted by atomic mass is 35.5. The molecule has 0 aliphatic rings. The van der Waals surface area contributed by atoms with Gasteiger partial charge in [-0.25, -0.2) is 13.2 Å². The summed E-state index contributed by atoms with van der Waals surface area (Å²) in [6, 6.07) is 20.5. The van der Waals surface area contributed by atoms with Crippen LogP contribution in [0.1, 0.15) is 65.5 Å². The van der Waals surface area contributed by atoms with E-state index < -0.39 is 16.0 Å². The molecule has 0 aliphatic carbocycles. The Morgan fingerprint density at radius 2 is 1.63 bits per heavy atom. The Balaban J connectivity index is 1.61. The van der Waals surface area contributed by atoms with Crippen molar-refractivity contribution in [2.24, 2.45) is 0 Å². The summed E-state index contributed by atoms with van der Waals surface area (Å²) < 4.78 is 46.8. The molecule has 0 fully saturated rings. The molecule has 0 spiro atoms. The molecule has 0 aliphatic heterocycles. The van der Waals surface area contributed by atoms with Crippen LogP contribution in [0.25, 0.3) is 11.0 Å². The standard InChI is InChI=1S/C37H40ClN3O7S/c1-6-39(7-2)27-16-18-33(26(21-27)23-40(24-28-13-12-20-47-28)36(42)30-14-10-11-15-32(30)38)41(8-3)49(44,45)29-17-19-34-31(22-29)25(5)35(48-34)37(43)46-9-4/h10-22H,6-9,23-24H2,1-5H3. The van der Waals surface area contributed by atoms with Crippen LogP contribution in [0.5, 0.6) is 0 Å². The van der Waals surface area contributed by atoms with Gasteiger partial charge in [0.1, 0.15) is 11.3 Å². The van der Waals surface area contributed by atoms with Gasteiger partial charge in [-0.2, -0.15) is 0 Å². The minimum atomic E-state index is -4.15. The molecule has 0 unspecified atom stereocenters. The maximum Gasteiger partial charge on any atom is 0.374 e. The smallest absolute Gasteiger partial charge is 0.374 e. The molecule has 2 heterocycles. The quantitative estimate of drug-likeness (QED) is 0.107. The summed E-state index contributed by atoms with van der Waals surface area (Å²) in [6.07, 6.45) is 1.54. The van der Waals surface area contributed by atoms with E-state index in [4.69, 9.17) is 25.2 Å². The van der Waals surface area contributed by atoms with Crippen molar-refractivity contribution < 1.29 is 31.6 Å². The number of halogens is 1. The Morgan fingerprint density at radius 1 is 0.878 bits per heavy atom. The summed E-state index contributed by atoms with van der Waals surface area (Å²) in [5.41, 5.74) is 3.12. The largest absolute Gasteiger partial charge is 0.467 e. The average Bonchev–Trinajstić information content (AvgIpc) is 3.73. The van der Waals surface area contributed by atoms with E-state index in [1.165, 1.54) is 16.4 Å². The topological polar surface area (TPSA) is 114 Å². The molecule has 0 radical (unpaired) electrons. The number of nitrogens with zero attached hydrogens (tertiary/aromatic N) is 3. The number of ether oxygens (including phenoxy) is 1. The number of anilines is 2. The second-order valence-electron chi connectivity index (χ2n) is 11.3. The van der Waals surface area contributed by atoms with E-state index in [1.54, 1.807) is 80.5 Å². The molecule has 0 bridgehead atoms. The van der Waals surface area contributed by atoms with Crippen LogP contribution < -0.4 is 9.21 Å². The summed E-state index contributed by atoms with van der Waals surface area (Å²) in [7, 11) is -4.15. The van der Waals surface area contributed by atoms with Crippen LogP contribution in [-0.2, 0) is 27.8 Å². The van der Waals surface area contributed by atoms with Crippen LogP contribution in [0.2, 0.25) is 5.02 Å². The maximum atomic E-state index is 14.5. The summed E-state index contributed by atoms with van der Waals surface area (Å²) in [6.45, 7) is 11.2. The van der Waals surface area contributed by atoms with E-state index in [-0.39, 0.29) is 42.8 Å². The number of benzene rings is 3. The van der Waals surface area contributed by atoms with E-state index in [9.17, 15) is 18.0 Å². The molecule has 0 atom stereocenters. The summed E-state index contributed by atoms with van der Waals surface area (Å²) in [4.78, 5) is 30.3. The van der Waals surface area contributed by atoms with Gasteiger partial charge in [0.05, 0.1) is 40.6 Å². The van der Waals surface area contributed by atoms with Gasteiger partial charge in [0.2, 0.25) is 5.76 Å². The third-order valence-corrected chi connectivity index (χ3v) is 10.6. The van der Waals surface area contributed by atoms with E-state index in [1.807, 2.05) is 26.0 Å². The molecule has 10 nitrogen and oxygen atoms in total. The van der Waals surface area contributed by atoms with Crippen LogP contribution in [0, 0.1) is 6.92 Å². The number of carbonyl (C=O) groups excluding carboxylic acids is 2. The van der Waals surface area contributed by atoms with Crippen LogP contribution in [0.3, 0.4) is 0 Å². The molecular weight excluding hydrogens is 666 g/mol. The highest BCUT2D eigenvalue weighted by molar-refractivity contribution is 7.92. The van der Waals surface area contributed by atoms with Gasteiger partial charge in [0.15, 0.2) is 0 Å². The molecule has 0 N–H and O–H groups in total. The lowest BCUT2D eigenvalue weighted by molar-refractivity contribution is 0.0491. The lowest BCUT2D eigenvalue weighted by Gasteiger charge is -2.30. The fourth-order valence-electron chi connectivity index (χ4n) is 5.88. The minimum absolute atomic E-state index is 0.0273. The van der Waals surface area contributed by atoms with Crippen molar-refractivity contribution in [2.75, 3.05) is 35.4 Å². The maximum absolute atomic E-state index is 14.5. The highest BCUT2D eigenvalue weighted by Gasteiger charge is 2.30. The minimum Gasteiger partial charge on any atom is -0.467 e. The van der Waals surface area contributed by atoms with Gasteiger partial charge in [0, 0.05) is 42.8 Å². The number of hydrogen-bond acceptors (Lipinski definition) is 8. The zero-order valence-corrected chi connectivity index (χ0v) is 29.8. The van der Waals surface area contributed by atoms with E-state index in [0.717, 1.165) is 18.8 Å². The summed E-state index contributed by atoms with van der Waals surface area (Å²) in [5, 5.41) is 0.801. The van der Waals surface area contributed by atoms with Crippen LogP contribution in [-0.4, -0.2) is 51.4 Å². The second kappa shape index (κ2) is 15.2. The van der Waals surface area contributed by atoms with Crippen molar-refractivity contribution in [3.63, 3.8) is 0 Å². The monoisotopic (exact) mass is 705 g/mol. The fraction of sp³-hybridized carbons (Fsp3) is 0.297. The lowest BCUT2D eigenvalue weighted by Crippen LogP contribution is -2.34. The zero-order chi connectivity index (χ0) is 35.3. The van der Waals surface area contributed by atoms with Crippen molar-refractivity contribution in [2.45, 2.75) is 52.6 Å². The SMILES string of the molecule is CCOC(=O)c1oc2ccc(S(=O)(=O)N(CC)c3ccc(N(CC)CC)cc3CN(Cc3ccco3)C(=O)c3ccccc3Cl)cc2c1C. The molecule has 5 rings (SSSR count). The second-order valence-corrected chi connectivity index (χ2v) is 13.6. The van der Waals surface area contributed by atoms with Crippen LogP contribution in [0.4, 0.5) is 11.4 Å². The van der Waals surface area contributed by atoms with Gasteiger partial charge in [-0.3, -0.25) is 9.10 Å². The first-order chi connectivity index (χ1) is 23.5. The average molecular weight is 706 g/mol. The Morgan fingerprint density at radius 3 is 2.29 bits per heavy atom. The normalized spacial score (nSPS) is 11.5. The third-order valence-electron chi connectivity index (χ3n) is 8.38. The van der Waals surface area contributed by atoms with Crippen molar-refractivity contribution in [3.8, 4) is 0 Å². The van der Waals surface area contributed by atoms with Crippen molar-refractivity contribution in [1.82, 2.24) is 4.90 Å². The number of rotatable bonds is 14. The van der Waals surface area contributed by atoms with Gasteiger partial charge in [-0.1, -0.05) is 23.7 Å². The number of amides is 1. The van der Waals surface area contributed by atoms with Gasteiger partial charge in [-0.05, 0) is 101 Å². The van der Waals surface area contributed by atoms with Crippen molar-refractivity contribution in [3.05, 3.63) is 112 Å². The highest BCUT2D eigenvalue weighted by Crippen LogP contribution is 2.35. The number of aryl methyl sites for hydroxylation is 1. The zero-order valence-electron chi connectivity index (χ0n) is 28.2. The summed E-state index contributed by atoms with van der Waals surface area (Å²) >= 11 is 6.47. The fourth-order valence-corrected chi connectivity index (χ4v) is 7.63. The molecule has 0 saturated heterocycles. The first-order valence-corrected chi connectivity index (χ1v) is 18.0. The lowest BCUT2D eigenvalue weighted by atomic mass is 10.1. The molecule has 2 aromatic heterocycles. The van der Waals surface area contributed by atoms with E-state index >= 15 is 0 Å². The Bertz CT molecular complexity index is 2050. The number of carbonyl (C=O) groups is 2. The van der Waals surface area contributed by atoms with Gasteiger partial charge in [-0.15, -0.1) is 0 Å².